The summed E-state index contributed by atoms with van der Waals surface area (Å²) in [5.74, 6) is -0.381. The van der Waals surface area contributed by atoms with Crippen molar-refractivity contribution in [1.82, 2.24) is 5.32 Å². The summed E-state index contributed by atoms with van der Waals surface area (Å²) in [5.41, 5.74) is 1.50. The van der Waals surface area contributed by atoms with E-state index in [0.717, 1.165) is 23.6 Å². The average Bonchev–Trinajstić information content (AvgIpc) is 2.71. The molecule has 0 aliphatic heterocycles. The van der Waals surface area contributed by atoms with E-state index < -0.39 is 10.0 Å². The van der Waals surface area contributed by atoms with Crippen molar-refractivity contribution < 1.29 is 13.2 Å². The van der Waals surface area contributed by atoms with Crippen molar-refractivity contribution in [1.29, 1.82) is 0 Å². The van der Waals surface area contributed by atoms with Crippen LogP contribution in [-0.2, 0) is 14.8 Å². The number of hydrogen-bond acceptors (Lipinski definition) is 3. The van der Waals surface area contributed by atoms with Crippen LogP contribution in [0.15, 0.2) is 65.1 Å². The quantitative estimate of drug-likeness (QED) is 0.613. The largest absolute Gasteiger partial charge is 0.351 e. The van der Waals surface area contributed by atoms with Crippen LogP contribution in [0.5, 0.6) is 0 Å². The number of nitrogens with zero attached hydrogens (tertiary/aromatic N) is 1. The van der Waals surface area contributed by atoms with Crippen LogP contribution in [0.25, 0.3) is 0 Å². The zero-order chi connectivity index (χ0) is 20.9. The standard InChI is InChI=1S/C21H22Cl2N2O3S/c22-17-9-11-20(12-10-17)29(27,28)25(19-8-4-7-18(23)13-19)15-21(26)24-14-16-5-2-1-3-6-16/h4-5,7-13H,1-3,6,14-15H2,(H,24,26). The van der Waals surface area contributed by atoms with Crippen molar-refractivity contribution in [3.8, 4) is 0 Å². The van der Waals surface area contributed by atoms with Gasteiger partial charge in [0.15, 0.2) is 0 Å². The summed E-state index contributed by atoms with van der Waals surface area (Å²) in [6.45, 7) is 0.0851. The molecule has 0 atom stereocenters. The molecule has 0 bridgehead atoms. The summed E-state index contributed by atoms with van der Waals surface area (Å²) in [5, 5.41) is 3.64. The number of carbonyl (C=O) groups is 1. The molecule has 0 aromatic heterocycles. The number of carbonyl (C=O) groups excluding carboxylic acids is 1. The van der Waals surface area contributed by atoms with Crippen LogP contribution in [0.3, 0.4) is 0 Å². The molecule has 1 aliphatic rings. The van der Waals surface area contributed by atoms with Crippen molar-refractivity contribution in [3.63, 3.8) is 0 Å². The topological polar surface area (TPSA) is 66.5 Å². The fourth-order valence-electron chi connectivity index (χ4n) is 3.14. The lowest BCUT2D eigenvalue weighted by atomic mass is 10.00. The van der Waals surface area contributed by atoms with Crippen molar-refractivity contribution in [3.05, 3.63) is 70.2 Å². The molecule has 1 aliphatic carbocycles. The van der Waals surface area contributed by atoms with Gasteiger partial charge in [0.2, 0.25) is 5.91 Å². The van der Waals surface area contributed by atoms with E-state index in [-0.39, 0.29) is 17.3 Å². The lowest BCUT2D eigenvalue weighted by Crippen LogP contribution is -2.41. The predicted molar refractivity (Wildman–Crippen MR) is 117 cm³/mol. The molecule has 154 valence electrons. The van der Waals surface area contributed by atoms with Crippen LogP contribution in [0.4, 0.5) is 5.69 Å². The number of hydrogen-bond donors (Lipinski definition) is 1. The molecule has 3 rings (SSSR count). The third kappa shape index (κ3) is 5.75. The first-order valence-electron chi connectivity index (χ1n) is 9.35. The van der Waals surface area contributed by atoms with Gasteiger partial charge >= 0.3 is 0 Å². The van der Waals surface area contributed by atoms with Crippen molar-refractivity contribution in [2.75, 3.05) is 17.4 Å². The number of anilines is 1. The summed E-state index contributed by atoms with van der Waals surface area (Å²) in [7, 11) is -3.99. The van der Waals surface area contributed by atoms with Gasteiger partial charge in [0.25, 0.3) is 10.0 Å². The molecule has 2 aromatic carbocycles. The zero-order valence-electron chi connectivity index (χ0n) is 15.8. The molecular formula is C21H22Cl2N2O3S. The smallest absolute Gasteiger partial charge is 0.264 e. The second-order valence-corrected chi connectivity index (χ2v) is 9.57. The summed E-state index contributed by atoms with van der Waals surface area (Å²) in [4.78, 5) is 12.6. The molecule has 29 heavy (non-hydrogen) atoms. The van der Waals surface area contributed by atoms with E-state index in [1.165, 1.54) is 42.3 Å². The Labute approximate surface area is 181 Å². The second-order valence-electron chi connectivity index (χ2n) is 6.83. The summed E-state index contributed by atoms with van der Waals surface area (Å²) in [6.07, 6.45) is 6.40. The Balaban J connectivity index is 1.84. The molecular weight excluding hydrogens is 431 g/mol. The second kappa shape index (κ2) is 9.65. The molecule has 1 N–H and O–H groups in total. The number of sulfonamides is 1. The van der Waals surface area contributed by atoms with Gasteiger partial charge in [-0.1, -0.05) is 40.9 Å². The number of benzene rings is 2. The van der Waals surface area contributed by atoms with Gasteiger partial charge in [-0.3, -0.25) is 9.10 Å². The van der Waals surface area contributed by atoms with Crippen LogP contribution >= 0.6 is 23.2 Å². The summed E-state index contributed by atoms with van der Waals surface area (Å²) >= 11 is 11.9. The highest BCUT2D eigenvalue weighted by Gasteiger charge is 2.27. The van der Waals surface area contributed by atoms with E-state index in [1.54, 1.807) is 18.2 Å². The molecule has 0 saturated heterocycles. The minimum absolute atomic E-state index is 0.0460. The lowest BCUT2D eigenvalue weighted by Gasteiger charge is -2.24. The molecule has 0 fully saturated rings. The number of rotatable bonds is 7. The van der Waals surface area contributed by atoms with E-state index in [9.17, 15) is 13.2 Å². The van der Waals surface area contributed by atoms with E-state index in [2.05, 4.69) is 11.4 Å². The Morgan fingerprint density at radius 1 is 1.03 bits per heavy atom. The third-order valence-corrected chi connectivity index (χ3v) is 6.96. The summed E-state index contributed by atoms with van der Waals surface area (Å²) in [6, 6.07) is 12.3. The first-order valence-corrected chi connectivity index (χ1v) is 11.5. The van der Waals surface area contributed by atoms with E-state index in [1.807, 2.05) is 0 Å². The van der Waals surface area contributed by atoms with Gasteiger partial charge < -0.3 is 5.32 Å². The Morgan fingerprint density at radius 2 is 1.79 bits per heavy atom. The number of halogens is 2. The van der Waals surface area contributed by atoms with Crippen LogP contribution in [0.1, 0.15) is 25.7 Å². The maximum absolute atomic E-state index is 13.2. The molecule has 5 nitrogen and oxygen atoms in total. The average molecular weight is 453 g/mol. The summed E-state index contributed by atoms with van der Waals surface area (Å²) < 4.78 is 27.6. The van der Waals surface area contributed by atoms with Gasteiger partial charge in [-0.05, 0) is 68.1 Å². The van der Waals surface area contributed by atoms with Crippen LogP contribution in [0, 0.1) is 0 Å². The van der Waals surface area contributed by atoms with Gasteiger partial charge in [-0.25, -0.2) is 8.42 Å². The number of nitrogens with one attached hydrogen (secondary N) is 1. The maximum atomic E-state index is 13.2. The Kier molecular flexibility index (Phi) is 7.22. The molecule has 2 aromatic rings. The SMILES string of the molecule is O=C(CN(c1cccc(Cl)c1)S(=O)(=O)c1ccc(Cl)cc1)NCC1=CCCCC1. The van der Waals surface area contributed by atoms with Crippen LogP contribution in [0.2, 0.25) is 10.0 Å². The first-order chi connectivity index (χ1) is 13.9. The molecule has 0 radical (unpaired) electrons. The van der Waals surface area contributed by atoms with Gasteiger partial charge in [0, 0.05) is 16.6 Å². The normalized spacial score (nSPS) is 14.2. The van der Waals surface area contributed by atoms with Gasteiger partial charge in [-0.2, -0.15) is 0 Å². The highest BCUT2D eigenvalue weighted by molar-refractivity contribution is 7.92. The Hall–Kier alpha value is -2.02. The van der Waals surface area contributed by atoms with E-state index >= 15 is 0 Å². The first kappa shape index (κ1) is 21.7. The highest BCUT2D eigenvalue weighted by atomic mass is 35.5. The van der Waals surface area contributed by atoms with Gasteiger partial charge in [0.1, 0.15) is 6.54 Å². The minimum atomic E-state index is -3.99. The molecule has 0 spiro atoms. The van der Waals surface area contributed by atoms with E-state index in [0.29, 0.717) is 22.3 Å². The number of amides is 1. The maximum Gasteiger partial charge on any atom is 0.264 e. The number of allylic oxidation sites excluding steroid dienone is 1. The zero-order valence-corrected chi connectivity index (χ0v) is 18.1. The highest BCUT2D eigenvalue weighted by Crippen LogP contribution is 2.26. The van der Waals surface area contributed by atoms with Crippen molar-refractivity contribution in [2.45, 2.75) is 30.6 Å². The molecule has 0 unspecified atom stereocenters. The van der Waals surface area contributed by atoms with E-state index in [4.69, 9.17) is 23.2 Å². The van der Waals surface area contributed by atoms with Crippen LogP contribution < -0.4 is 9.62 Å². The van der Waals surface area contributed by atoms with Crippen molar-refractivity contribution in [2.24, 2.45) is 0 Å². The molecule has 8 heteroatoms. The fraction of sp³-hybridized carbons (Fsp3) is 0.286. The Bertz CT molecular complexity index is 1000. The third-order valence-electron chi connectivity index (χ3n) is 4.68. The van der Waals surface area contributed by atoms with Crippen LogP contribution in [-0.4, -0.2) is 27.4 Å². The lowest BCUT2D eigenvalue weighted by molar-refractivity contribution is -0.119. The van der Waals surface area contributed by atoms with Gasteiger partial charge in [-0.15, -0.1) is 0 Å². The van der Waals surface area contributed by atoms with Crippen molar-refractivity contribution >= 4 is 44.8 Å². The minimum Gasteiger partial charge on any atom is -0.351 e. The molecule has 1 amide bonds. The molecule has 0 heterocycles. The molecule has 0 saturated carbocycles. The predicted octanol–water partition coefficient (Wildman–Crippen LogP) is 4.81. The Morgan fingerprint density at radius 3 is 2.45 bits per heavy atom. The monoisotopic (exact) mass is 452 g/mol. The fourth-order valence-corrected chi connectivity index (χ4v) is 4.87. The van der Waals surface area contributed by atoms with Gasteiger partial charge in [0.05, 0.1) is 10.6 Å².